The van der Waals surface area contributed by atoms with Crippen LogP contribution in [0.3, 0.4) is 0 Å². The average molecular weight is 177 g/mol. The maximum Gasteiger partial charge on any atom is 0.0503 e. The van der Waals surface area contributed by atoms with Gasteiger partial charge in [-0.1, -0.05) is 0 Å². The summed E-state index contributed by atoms with van der Waals surface area (Å²) >= 11 is 0. The molecule has 0 aliphatic carbocycles. The van der Waals surface area contributed by atoms with Gasteiger partial charge in [0.1, 0.15) is 0 Å². The van der Waals surface area contributed by atoms with Crippen molar-refractivity contribution in [1.29, 1.82) is 0 Å². The monoisotopic (exact) mass is 177 g/mol. The van der Waals surface area contributed by atoms with Crippen molar-refractivity contribution in [3.63, 3.8) is 0 Å². The maximum absolute atomic E-state index is 5.68. The Morgan fingerprint density at radius 2 is 2.38 bits per heavy atom. The van der Waals surface area contributed by atoms with Crippen molar-refractivity contribution in [2.45, 2.75) is 18.8 Å². The van der Waals surface area contributed by atoms with Gasteiger partial charge in [0.05, 0.1) is 5.69 Å². The first-order valence-corrected chi connectivity index (χ1v) is 4.77. The number of hydrogen-bond donors (Lipinski definition) is 2. The Morgan fingerprint density at radius 1 is 1.46 bits per heavy atom. The molecule has 2 rings (SSSR count). The molecule has 3 nitrogen and oxygen atoms in total. The van der Waals surface area contributed by atoms with Crippen LogP contribution in [0, 0.1) is 0 Å². The van der Waals surface area contributed by atoms with Crippen LogP contribution in [0.1, 0.15) is 24.3 Å². The molecular weight excluding hydrogens is 162 g/mol. The lowest BCUT2D eigenvalue weighted by Crippen LogP contribution is -2.28. The number of aromatic nitrogens is 1. The van der Waals surface area contributed by atoms with Gasteiger partial charge in [-0.05, 0) is 36.9 Å². The van der Waals surface area contributed by atoms with Crippen LogP contribution in [0.25, 0.3) is 0 Å². The number of nitrogen functional groups attached to an aromatic ring is 1. The van der Waals surface area contributed by atoms with E-state index in [2.05, 4.69) is 10.3 Å². The lowest BCUT2D eigenvalue weighted by atomic mass is 9.93. The molecule has 0 bridgehead atoms. The third-order valence-corrected chi connectivity index (χ3v) is 2.55. The van der Waals surface area contributed by atoms with Gasteiger partial charge in [-0.25, -0.2) is 0 Å². The van der Waals surface area contributed by atoms with E-state index < -0.39 is 0 Å². The molecule has 0 radical (unpaired) electrons. The molecular formula is C10H15N3. The third-order valence-electron chi connectivity index (χ3n) is 2.55. The Kier molecular flexibility index (Phi) is 2.45. The van der Waals surface area contributed by atoms with Gasteiger partial charge < -0.3 is 11.1 Å². The summed E-state index contributed by atoms with van der Waals surface area (Å²) in [4.78, 5) is 4.11. The summed E-state index contributed by atoms with van der Waals surface area (Å²) in [6, 6.07) is 2.03. The van der Waals surface area contributed by atoms with E-state index in [0.717, 1.165) is 18.8 Å². The summed E-state index contributed by atoms with van der Waals surface area (Å²) in [5.41, 5.74) is 7.72. The Hall–Kier alpha value is -1.09. The molecule has 1 aliphatic heterocycles. The Labute approximate surface area is 78.4 Å². The molecule has 3 heteroatoms. The molecule has 1 fully saturated rings. The number of anilines is 1. The molecule has 1 atom stereocenters. The van der Waals surface area contributed by atoms with Crippen LogP contribution in [0.4, 0.5) is 5.69 Å². The molecule has 2 heterocycles. The predicted octanol–water partition coefficient (Wildman–Crippen LogP) is 1.13. The van der Waals surface area contributed by atoms with Crippen LogP contribution in [0.2, 0.25) is 0 Å². The van der Waals surface area contributed by atoms with E-state index in [0.29, 0.717) is 5.92 Å². The molecule has 1 aromatic rings. The zero-order valence-corrected chi connectivity index (χ0v) is 7.66. The number of hydrogen-bond acceptors (Lipinski definition) is 3. The van der Waals surface area contributed by atoms with Crippen molar-refractivity contribution >= 4 is 5.69 Å². The first-order chi connectivity index (χ1) is 6.36. The van der Waals surface area contributed by atoms with Gasteiger partial charge in [-0.2, -0.15) is 0 Å². The minimum absolute atomic E-state index is 0.602. The molecule has 1 saturated heterocycles. The van der Waals surface area contributed by atoms with Crippen LogP contribution in [-0.2, 0) is 0 Å². The maximum atomic E-state index is 5.68. The molecule has 3 N–H and O–H groups in total. The summed E-state index contributed by atoms with van der Waals surface area (Å²) in [5.74, 6) is 0.602. The SMILES string of the molecule is Nc1cncc([C@H]2CCCNC2)c1. The fourth-order valence-electron chi connectivity index (χ4n) is 1.84. The Bertz CT molecular complexity index is 279. The van der Waals surface area contributed by atoms with Crippen LogP contribution in [0.15, 0.2) is 18.5 Å². The van der Waals surface area contributed by atoms with Crippen LogP contribution >= 0.6 is 0 Å². The number of nitrogens with two attached hydrogens (primary N) is 1. The number of piperidine rings is 1. The minimum Gasteiger partial charge on any atom is -0.397 e. The Balaban J connectivity index is 2.14. The smallest absolute Gasteiger partial charge is 0.0503 e. The third kappa shape index (κ3) is 1.98. The van der Waals surface area contributed by atoms with Gasteiger partial charge in [0.15, 0.2) is 0 Å². The van der Waals surface area contributed by atoms with E-state index in [4.69, 9.17) is 5.73 Å². The highest BCUT2D eigenvalue weighted by molar-refractivity contribution is 5.38. The molecule has 0 unspecified atom stereocenters. The van der Waals surface area contributed by atoms with E-state index in [-0.39, 0.29) is 0 Å². The van der Waals surface area contributed by atoms with Crippen LogP contribution in [-0.4, -0.2) is 18.1 Å². The Morgan fingerprint density at radius 3 is 3.08 bits per heavy atom. The number of pyridine rings is 1. The van der Waals surface area contributed by atoms with E-state index in [1.54, 1.807) is 6.20 Å². The average Bonchev–Trinajstić information content (AvgIpc) is 2.19. The van der Waals surface area contributed by atoms with Crippen molar-refractivity contribution in [2.24, 2.45) is 0 Å². The molecule has 1 aromatic heterocycles. The van der Waals surface area contributed by atoms with E-state index in [9.17, 15) is 0 Å². The van der Waals surface area contributed by atoms with Gasteiger partial charge in [0.25, 0.3) is 0 Å². The van der Waals surface area contributed by atoms with Crippen LogP contribution in [0.5, 0.6) is 0 Å². The van der Waals surface area contributed by atoms with Crippen molar-refractivity contribution < 1.29 is 0 Å². The zero-order valence-electron chi connectivity index (χ0n) is 7.66. The topological polar surface area (TPSA) is 50.9 Å². The second-order valence-corrected chi connectivity index (χ2v) is 3.59. The van der Waals surface area contributed by atoms with Gasteiger partial charge in [0.2, 0.25) is 0 Å². The second kappa shape index (κ2) is 3.75. The lowest BCUT2D eigenvalue weighted by molar-refractivity contribution is 0.461. The molecule has 0 saturated carbocycles. The fourth-order valence-corrected chi connectivity index (χ4v) is 1.84. The zero-order chi connectivity index (χ0) is 9.10. The van der Waals surface area contributed by atoms with E-state index >= 15 is 0 Å². The first-order valence-electron chi connectivity index (χ1n) is 4.77. The molecule has 1 aliphatic rings. The van der Waals surface area contributed by atoms with Crippen molar-refractivity contribution in [3.8, 4) is 0 Å². The van der Waals surface area contributed by atoms with E-state index in [1.165, 1.54) is 18.4 Å². The summed E-state index contributed by atoms with van der Waals surface area (Å²) in [5, 5.41) is 3.38. The number of rotatable bonds is 1. The molecule has 0 spiro atoms. The molecule has 70 valence electrons. The second-order valence-electron chi connectivity index (χ2n) is 3.59. The highest BCUT2D eigenvalue weighted by Crippen LogP contribution is 2.23. The lowest BCUT2D eigenvalue weighted by Gasteiger charge is -2.22. The normalized spacial score (nSPS) is 22.9. The summed E-state index contributed by atoms with van der Waals surface area (Å²) in [6.07, 6.45) is 6.12. The highest BCUT2D eigenvalue weighted by atomic mass is 14.9. The summed E-state index contributed by atoms with van der Waals surface area (Å²) in [7, 11) is 0. The van der Waals surface area contributed by atoms with Crippen molar-refractivity contribution in [1.82, 2.24) is 10.3 Å². The quantitative estimate of drug-likeness (QED) is 0.676. The van der Waals surface area contributed by atoms with Crippen LogP contribution < -0.4 is 11.1 Å². The first kappa shape index (κ1) is 8.51. The molecule has 0 aromatic carbocycles. The van der Waals surface area contributed by atoms with Gasteiger partial charge in [-0.15, -0.1) is 0 Å². The van der Waals surface area contributed by atoms with E-state index in [1.807, 2.05) is 12.3 Å². The molecule has 0 amide bonds. The summed E-state index contributed by atoms with van der Waals surface area (Å²) < 4.78 is 0. The predicted molar refractivity (Wildman–Crippen MR) is 53.5 cm³/mol. The van der Waals surface area contributed by atoms with Gasteiger partial charge >= 0.3 is 0 Å². The van der Waals surface area contributed by atoms with Crippen molar-refractivity contribution in [3.05, 3.63) is 24.0 Å². The standard InChI is InChI=1S/C10H15N3/c11-10-4-9(6-13-7-10)8-2-1-3-12-5-8/h4,6-8,12H,1-3,5,11H2/t8-/m0/s1. The largest absolute Gasteiger partial charge is 0.397 e. The number of nitrogens with one attached hydrogen (secondary N) is 1. The highest BCUT2D eigenvalue weighted by Gasteiger charge is 2.14. The summed E-state index contributed by atoms with van der Waals surface area (Å²) in [6.45, 7) is 2.21. The number of nitrogens with zero attached hydrogens (tertiary/aromatic N) is 1. The van der Waals surface area contributed by atoms with Gasteiger partial charge in [-0.3, -0.25) is 4.98 Å². The molecule has 13 heavy (non-hydrogen) atoms. The minimum atomic E-state index is 0.602. The van der Waals surface area contributed by atoms with Crippen molar-refractivity contribution in [2.75, 3.05) is 18.8 Å². The van der Waals surface area contributed by atoms with Gasteiger partial charge in [0, 0.05) is 18.9 Å². The fraction of sp³-hybridized carbons (Fsp3) is 0.500.